The Labute approximate surface area is 106 Å². The van der Waals surface area contributed by atoms with Gasteiger partial charge in [0.1, 0.15) is 0 Å². The first-order chi connectivity index (χ1) is 7.54. The first-order valence-electron chi connectivity index (χ1n) is 6.02. The molecule has 0 aromatic heterocycles. The number of rotatable bonds is 5. The third kappa shape index (κ3) is 4.06. The van der Waals surface area contributed by atoms with Crippen LogP contribution in [0, 0.1) is 11.8 Å². The molecule has 0 aromatic carbocycles. The average molecular weight is 292 g/mol. The van der Waals surface area contributed by atoms with Crippen molar-refractivity contribution in [1.29, 1.82) is 0 Å². The van der Waals surface area contributed by atoms with Gasteiger partial charge in [0.2, 0.25) is 5.91 Å². The van der Waals surface area contributed by atoms with Gasteiger partial charge in [-0.15, -0.1) is 0 Å². The van der Waals surface area contributed by atoms with Crippen molar-refractivity contribution < 1.29 is 9.53 Å². The number of carbonyl (C=O) groups is 1. The highest BCUT2D eigenvalue weighted by atomic mass is 79.9. The van der Waals surface area contributed by atoms with Crippen molar-refractivity contribution in [2.24, 2.45) is 11.8 Å². The maximum Gasteiger partial charge on any atom is 0.225 e. The Bertz CT molecular complexity index is 233. The molecule has 1 heterocycles. The average Bonchev–Trinajstić information content (AvgIpc) is 2.64. The smallest absolute Gasteiger partial charge is 0.225 e. The molecular formula is C12H22BrNO2. The van der Waals surface area contributed by atoms with Crippen molar-refractivity contribution in [3.8, 4) is 0 Å². The number of alkyl halides is 1. The molecule has 94 valence electrons. The minimum atomic E-state index is 0.0478. The summed E-state index contributed by atoms with van der Waals surface area (Å²) in [5.74, 6) is 0.678. The molecule has 1 N–H and O–H groups in total. The van der Waals surface area contributed by atoms with Crippen molar-refractivity contribution in [3.63, 3.8) is 0 Å². The summed E-state index contributed by atoms with van der Waals surface area (Å²) in [5.41, 5.74) is 0. The van der Waals surface area contributed by atoms with Crippen molar-refractivity contribution in [3.05, 3.63) is 0 Å². The lowest BCUT2D eigenvalue weighted by Gasteiger charge is -2.23. The van der Waals surface area contributed by atoms with E-state index in [0.717, 1.165) is 18.2 Å². The number of amides is 1. The molecule has 4 heteroatoms. The zero-order valence-corrected chi connectivity index (χ0v) is 11.9. The van der Waals surface area contributed by atoms with Crippen LogP contribution in [0.15, 0.2) is 0 Å². The minimum absolute atomic E-state index is 0.0478. The molecule has 1 fully saturated rings. The van der Waals surface area contributed by atoms with Crippen molar-refractivity contribution >= 4 is 21.8 Å². The van der Waals surface area contributed by atoms with Gasteiger partial charge in [0.05, 0.1) is 18.6 Å². The Morgan fingerprint density at radius 2 is 2.25 bits per heavy atom. The van der Waals surface area contributed by atoms with Crippen LogP contribution in [-0.4, -0.2) is 30.0 Å². The van der Waals surface area contributed by atoms with E-state index < -0.39 is 0 Å². The van der Waals surface area contributed by atoms with Gasteiger partial charge in [-0.3, -0.25) is 4.79 Å². The summed E-state index contributed by atoms with van der Waals surface area (Å²) in [4.78, 5) is 12.0. The number of halogens is 1. The van der Waals surface area contributed by atoms with E-state index in [0.29, 0.717) is 12.5 Å². The van der Waals surface area contributed by atoms with Gasteiger partial charge in [-0.25, -0.2) is 0 Å². The minimum Gasteiger partial charge on any atom is -0.378 e. The molecule has 1 aliphatic rings. The van der Waals surface area contributed by atoms with Crippen LogP contribution in [0.25, 0.3) is 0 Å². The fraction of sp³-hybridized carbons (Fsp3) is 0.917. The summed E-state index contributed by atoms with van der Waals surface area (Å²) in [6, 6.07) is 0.266. The van der Waals surface area contributed by atoms with Crippen LogP contribution in [0.3, 0.4) is 0 Å². The molecule has 1 rings (SSSR count). The molecule has 3 atom stereocenters. The quantitative estimate of drug-likeness (QED) is 0.790. The van der Waals surface area contributed by atoms with E-state index >= 15 is 0 Å². The largest absolute Gasteiger partial charge is 0.378 e. The number of carbonyl (C=O) groups excluding carboxylic acids is 1. The zero-order valence-electron chi connectivity index (χ0n) is 10.3. The highest BCUT2D eigenvalue weighted by molar-refractivity contribution is 9.09. The van der Waals surface area contributed by atoms with Crippen LogP contribution in [0.1, 0.15) is 33.6 Å². The fourth-order valence-corrected chi connectivity index (χ4v) is 2.48. The SMILES string of the molecule is CC1CC(C(=O)NC(CCBr)C(C)C)CO1. The molecule has 1 amide bonds. The third-order valence-corrected chi connectivity index (χ3v) is 3.58. The maximum absolute atomic E-state index is 12.0. The second-order valence-corrected chi connectivity index (χ2v) is 5.71. The van der Waals surface area contributed by atoms with Gasteiger partial charge in [-0.1, -0.05) is 29.8 Å². The molecule has 16 heavy (non-hydrogen) atoms. The van der Waals surface area contributed by atoms with Crippen molar-refractivity contribution in [2.45, 2.75) is 45.8 Å². The molecule has 1 saturated heterocycles. The Kier molecular flexibility index (Phi) is 5.76. The summed E-state index contributed by atoms with van der Waals surface area (Å²) < 4.78 is 5.42. The molecule has 3 unspecified atom stereocenters. The number of nitrogens with one attached hydrogen (secondary N) is 1. The van der Waals surface area contributed by atoms with E-state index in [1.54, 1.807) is 0 Å². The Balaban J connectivity index is 2.42. The standard InChI is InChI=1S/C12H22BrNO2/c1-8(2)11(4-5-13)14-12(15)10-6-9(3)16-7-10/h8-11H,4-7H2,1-3H3,(H,14,15). The maximum atomic E-state index is 12.0. The van der Waals surface area contributed by atoms with Crippen LogP contribution in [0.5, 0.6) is 0 Å². The second-order valence-electron chi connectivity index (χ2n) is 4.91. The van der Waals surface area contributed by atoms with Gasteiger partial charge in [-0.2, -0.15) is 0 Å². The lowest BCUT2D eigenvalue weighted by molar-refractivity contribution is -0.126. The van der Waals surface area contributed by atoms with Crippen LogP contribution in [-0.2, 0) is 9.53 Å². The van der Waals surface area contributed by atoms with E-state index in [1.165, 1.54) is 0 Å². The third-order valence-electron chi connectivity index (χ3n) is 3.12. The molecule has 0 radical (unpaired) electrons. The molecule has 0 aromatic rings. The second kappa shape index (κ2) is 6.60. The van der Waals surface area contributed by atoms with E-state index in [4.69, 9.17) is 4.74 Å². The van der Waals surface area contributed by atoms with Gasteiger partial charge >= 0.3 is 0 Å². The first kappa shape index (κ1) is 14.0. The number of hydrogen-bond acceptors (Lipinski definition) is 2. The van der Waals surface area contributed by atoms with Crippen LogP contribution < -0.4 is 5.32 Å². The summed E-state index contributed by atoms with van der Waals surface area (Å²) >= 11 is 3.43. The fourth-order valence-electron chi connectivity index (χ4n) is 1.99. The molecular weight excluding hydrogens is 270 g/mol. The molecule has 0 bridgehead atoms. The lowest BCUT2D eigenvalue weighted by Crippen LogP contribution is -2.42. The summed E-state index contributed by atoms with van der Waals surface area (Å²) in [7, 11) is 0. The summed E-state index contributed by atoms with van der Waals surface area (Å²) in [6.07, 6.45) is 2.06. The summed E-state index contributed by atoms with van der Waals surface area (Å²) in [6.45, 7) is 6.88. The Morgan fingerprint density at radius 1 is 1.56 bits per heavy atom. The highest BCUT2D eigenvalue weighted by Crippen LogP contribution is 2.20. The Morgan fingerprint density at radius 3 is 2.69 bits per heavy atom. The van der Waals surface area contributed by atoms with E-state index in [2.05, 4.69) is 35.1 Å². The zero-order chi connectivity index (χ0) is 12.1. The molecule has 1 aliphatic heterocycles. The van der Waals surface area contributed by atoms with E-state index in [1.807, 2.05) is 6.92 Å². The molecule has 3 nitrogen and oxygen atoms in total. The lowest BCUT2D eigenvalue weighted by atomic mass is 9.99. The molecule has 0 spiro atoms. The topological polar surface area (TPSA) is 38.3 Å². The highest BCUT2D eigenvalue weighted by Gasteiger charge is 2.29. The monoisotopic (exact) mass is 291 g/mol. The van der Waals surface area contributed by atoms with Crippen LogP contribution >= 0.6 is 15.9 Å². The van der Waals surface area contributed by atoms with Crippen LogP contribution in [0.2, 0.25) is 0 Å². The van der Waals surface area contributed by atoms with Gasteiger partial charge in [0, 0.05) is 11.4 Å². The van der Waals surface area contributed by atoms with Crippen molar-refractivity contribution in [2.75, 3.05) is 11.9 Å². The van der Waals surface area contributed by atoms with Gasteiger partial charge in [-0.05, 0) is 25.7 Å². The Hall–Kier alpha value is -0.0900. The van der Waals surface area contributed by atoms with E-state index in [-0.39, 0.29) is 24.0 Å². The van der Waals surface area contributed by atoms with E-state index in [9.17, 15) is 4.79 Å². The van der Waals surface area contributed by atoms with Crippen LogP contribution in [0.4, 0.5) is 0 Å². The summed E-state index contributed by atoms with van der Waals surface area (Å²) in [5, 5.41) is 4.06. The normalized spacial score (nSPS) is 27.1. The molecule has 0 saturated carbocycles. The van der Waals surface area contributed by atoms with Gasteiger partial charge < -0.3 is 10.1 Å². The predicted octanol–water partition coefficient (Wildman–Crippen LogP) is 2.34. The molecule has 0 aliphatic carbocycles. The van der Waals surface area contributed by atoms with Crippen molar-refractivity contribution in [1.82, 2.24) is 5.32 Å². The van der Waals surface area contributed by atoms with Gasteiger partial charge in [0.15, 0.2) is 0 Å². The number of ether oxygens (including phenoxy) is 1. The van der Waals surface area contributed by atoms with Gasteiger partial charge in [0.25, 0.3) is 0 Å². The predicted molar refractivity (Wildman–Crippen MR) is 68.7 cm³/mol. The number of hydrogen-bond donors (Lipinski definition) is 1. The first-order valence-corrected chi connectivity index (χ1v) is 7.14.